The van der Waals surface area contributed by atoms with Crippen molar-refractivity contribution in [3.05, 3.63) is 41.9 Å². The van der Waals surface area contributed by atoms with Gasteiger partial charge in [-0.15, -0.1) is 0 Å². The molecule has 0 spiro atoms. The van der Waals surface area contributed by atoms with E-state index in [0.717, 1.165) is 23.3 Å². The molecule has 1 aromatic carbocycles. The molecular weight excluding hydrogens is 316 g/mol. The molecule has 0 radical (unpaired) electrons. The van der Waals surface area contributed by atoms with Crippen LogP contribution in [-0.2, 0) is 6.54 Å². The number of para-hydroxylation sites is 1. The maximum absolute atomic E-state index is 6.01. The smallest absolute Gasteiger partial charge is 0.229 e. The van der Waals surface area contributed by atoms with Crippen LogP contribution in [0, 0.1) is 0 Å². The summed E-state index contributed by atoms with van der Waals surface area (Å²) < 4.78 is 6.01. The topological polar surface area (TPSA) is 84.3 Å². The minimum atomic E-state index is 0.0956. The number of benzene rings is 1. The molecule has 0 bridgehead atoms. The zero-order valence-electron chi connectivity index (χ0n) is 15.1. The van der Waals surface area contributed by atoms with Gasteiger partial charge in [0.25, 0.3) is 0 Å². The SMILES string of the molecule is CCN(Cc1nc(N)nc(N(C)C)n1)C(C)c1cc2ccccc2o1. The average Bonchev–Trinajstić information content (AvgIpc) is 3.02. The molecule has 7 nitrogen and oxygen atoms in total. The van der Waals surface area contributed by atoms with Crippen LogP contribution in [-0.4, -0.2) is 40.5 Å². The van der Waals surface area contributed by atoms with Crippen LogP contribution < -0.4 is 10.6 Å². The fourth-order valence-electron chi connectivity index (χ4n) is 2.79. The van der Waals surface area contributed by atoms with Gasteiger partial charge in [-0.2, -0.15) is 15.0 Å². The minimum Gasteiger partial charge on any atom is -0.459 e. The standard InChI is InChI=1S/C18H24N6O/c1-5-24(11-16-20-17(19)22-18(21-16)23(3)4)12(2)15-10-13-8-6-7-9-14(13)25-15/h6-10,12H,5,11H2,1-4H3,(H2,19,20,21,22). The minimum absolute atomic E-state index is 0.0956. The zero-order valence-corrected chi connectivity index (χ0v) is 15.1. The van der Waals surface area contributed by atoms with Crippen LogP contribution in [0.3, 0.4) is 0 Å². The van der Waals surface area contributed by atoms with Crippen molar-refractivity contribution in [2.45, 2.75) is 26.4 Å². The van der Waals surface area contributed by atoms with Crippen molar-refractivity contribution < 1.29 is 4.42 Å². The second kappa shape index (κ2) is 7.06. The fourth-order valence-corrected chi connectivity index (χ4v) is 2.79. The first-order valence-electron chi connectivity index (χ1n) is 8.38. The first-order chi connectivity index (χ1) is 12.0. The molecule has 0 saturated heterocycles. The van der Waals surface area contributed by atoms with Crippen LogP contribution in [0.2, 0.25) is 0 Å². The Balaban J connectivity index is 1.84. The number of nitrogen functional groups attached to an aromatic ring is 1. The van der Waals surface area contributed by atoms with E-state index in [9.17, 15) is 0 Å². The average molecular weight is 340 g/mol. The molecule has 0 saturated carbocycles. The predicted octanol–water partition coefficient (Wildman–Crippen LogP) is 2.85. The van der Waals surface area contributed by atoms with Gasteiger partial charge < -0.3 is 15.1 Å². The number of hydrogen-bond acceptors (Lipinski definition) is 7. The molecule has 0 aliphatic rings. The first kappa shape index (κ1) is 17.2. The van der Waals surface area contributed by atoms with Crippen molar-refractivity contribution in [2.75, 3.05) is 31.3 Å². The van der Waals surface area contributed by atoms with Crippen molar-refractivity contribution in [1.82, 2.24) is 19.9 Å². The van der Waals surface area contributed by atoms with E-state index in [0.29, 0.717) is 18.3 Å². The van der Waals surface area contributed by atoms with Crippen molar-refractivity contribution in [2.24, 2.45) is 0 Å². The van der Waals surface area contributed by atoms with Crippen LogP contribution in [0.5, 0.6) is 0 Å². The molecule has 0 fully saturated rings. The Morgan fingerprint density at radius 3 is 2.60 bits per heavy atom. The second-order valence-corrected chi connectivity index (χ2v) is 6.23. The maximum Gasteiger partial charge on any atom is 0.229 e. The number of hydrogen-bond donors (Lipinski definition) is 1. The van der Waals surface area contributed by atoms with Crippen LogP contribution in [0.1, 0.15) is 31.5 Å². The van der Waals surface area contributed by atoms with Crippen molar-refractivity contribution >= 4 is 22.9 Å². The van der Waals surface area contributed by atoms with Crippen molar-refractivity contribution in [3.8, 4) is 0 Å². The largest absolute Gasteiger partial charge is 0.459 e. The quantitative estimate of drug-likeness (QED) is 0.738. The highest BCUT2D eigenvalue weighted by molar-refractivity contribution is 5.77. The fraction of sp³-hybridized carbons (Fsp3) is 0.389. The molecule has 0 amide bonds. The Kier molecular flexibility index (Phi) is 4.85. The van der Waals surface area contributed by atoms with Crippen LogP contribution in [0.25, 0.3) is 11.0 Å². The zero-order chi connectivity index (χ0) is 18.0. The molecule has 25 heavy (non-hydrogen) atoms. The molecular formula is C18H24N6O. The number of fused-ring (bicyclic) bond motifs is 1. The van der Waals surface area contributed by atoms with Gasteiger partial charge in [0.2, 0.25) is 11.9 Å². The van der Waals surface area contributed by atoms with E-state index in [1.165, 1.54) is 0 Å². The molecule has 132 valence electrons. The van der Waals surface area contributed by atoms with Crippen LogP contribution >= 0.6 is 0 Å². The maximum atomic E-state index is 6.01. The highest BCUT2D eigenvalue weighted by Gasteiger charge is 2.20. The predicted molar refractivity (Wildman–Crippen MR) is 99.3 cm³/mol. The third kappa shape index (κ3) is 3.71. The summed E-state index contributed by atoms with van der Waals surface area (Å²) >= 11 is 0. The molecule has 0 aliphatic heterocycles. The van der Waals surface area contributed by atoms with Crippen LogP contribution in [0.4, 0.5) is 11.9 Å². The summed E-state index contributed by atoms with van der Waals surface area (Å²) in [7, 11) is 3.76. The van der Waals surface area contributed by atoms with Gasteiger partial charge in [-0.1, -0.05) is 25.1 Å². The number of nitrogens with two attached hydrogens (primary N) is 1. The Hall–Kier alpha value is -2.67. The molecule has 2 heterocycles. The summed E-state index contributed by atoms with van der Waals surface area (Å²) in [6, 6.07) is 10.2. The van der Waals surface area contributed by atoms with E-state index in [-0.39, 0.29) is 12.0 Å². The summed E-state index contributed by atoms with van der Waals surface area (Å²) in [5.74, 6) is 2.38. The lowest BCUT2D eigenvalue weighted by atomic mass is 10.2. The molecule has 0 aliphatic carbocycles. The Morgan fingerprint density at radius 2 is 1.92 bits per heavy atom. The van der Waals surface area contributed by atoms with E-state index in [1.54, 1.807) is 0 Å². The third-order valence-corrected chi connectivity index (χ3v) is 4.24. The second-order valence-electron chi connectivity index (χ2n) is 6.23. The number of anilines is 2. The molecule has 2 aromatic heterocycles. The van der Waals surface area contributed by atoms with Crippen LogP contribution in [0.15, 0.2) is 34.7 Å². The van der Waals surface area contributed by atoms with E-state index in [1.807, 2.05) is 37.2 Å². The highest BCUT2D eigenvalue weighted by atomic mass is 16.3. The Bertz CT molecular complexity index is 827. The molecule has 3 rings (SSSR count). The normalized spacial score (nSPS) is 12.7. The molecule has 3 aromatic rings. The third-order valence-electron chi connectivity index (χ3n) is 4.24. The number of rotatable bonds is 6. The molecule has 1 atom stereocenters. The van der Waals surface area contributed by atoms with Gasteiger partial charge in [-0.3, -0.25) is 4.90 Å². The van der Waals surface area contributed by atoms with Crippen molar-refractivity contribution in [1.29, 1.82) is 0 Å². The van der Waals surface area contributed by atoms with Gasteiger partial charge >= 0.3 is 0 Å². The summed E-state index contributed by atoms with van der Waals surface area (Å²) in [5, 5.41) is 1.11. The van der Waals surface area contributed by atoms with E-state index in [4.69, 9.17) is 10.2 Å². The molecule has 1 unspecified atom stereocenters. The number of furan rings is 1. The lowest BCUT2D eigenvalue weighted by Crippen LogP contribution is -2.28. The Morgan fingerprint density at radius 1 is 1.16 bits per heavy atom. The lowest BCUT2D eigenvalue weighted by Gasteiger charge is -2.25. The Labute approximate surface area is 147 Å². The monoisotopic (exact) mass is 340 g/mol. The number of nitrogens with zero attached hydrogens (tertiary/aromatic N) is 5. The summed E-state index contributed by atoms with van der Waals surface area (Å²) in [5.41, 5.74) is 6.73. The van der Waals surface area contributed by atoms with Crippen molar-refractivity contribution in [3.63, 3.8) is 0 Å². The van der Waals surface area contributed by atoms with E-state index >= 15 is 0 Å². The number of aromatic nitrogens is 3. The first-order valence-corrected chi connectivity index (χ1v) is 8.38. The lowest BCUT2D eigenvalue weighted by molar-refractivity contribution is 0.187. The summed E-state index contributed by atoms with van der Waals surface area (Å²) in [6.45, 7) is 5.64. The van der Waals surface area contributed by atoms with Gasteiger partial charge in [0.05, 0.1) is 12.6 Å². The van der Waals surface area contributed by atoms with Gasteiger partial charge in [0.15, 0.2) is 0 Å². The van der Waals surface area contributed by atoms with Gasteiger partial charge in [-0.05, 0) is 25.6 Å². The highest BCUT2D eigenvalue weighted by Crippen LogP contribution is 2.28. The summed E-state index contributed by atoms with van der Waals surface area (Å²) in [6.07, 6.45) is 0. The van der Waals surface area contributed by atoms with Gasteiger partial charge in [0, 0.05) is 19.5 Å². The summed E-state index contributed by atoms with van der Waals surface area (Å²) in [4.78, 5) is 17.0. The van der Waals surface area contributed by atoms with E-state index in [2.05, 4.69) is 45.8 Å². The van der Waals surface area contributed by atoms with Gasteiger partial charge in [-0.25, -0.2) is 0 Å². The van der Waals surface area contributed by atoms with E-state index < -0.39 is 0 Å². The molecule has 2 N–H and O–H groups in total. The van der Waals surface area contributed by atoms with Gasteiger partial charge in [0.1, 0.15) is 17.2 Å². The molecule has 7 heteroatoms.